The van der Waals surface area contributed by atoms with Crippen LogP contribution in [-0.2, 0) is 9.68 Å². The van der Waals surface area contributed by atoms with Gasteiger partial charge in [-0.3, -0.25) is 4.89 Å². The van der Waals surface area contributed by atoms with Gasteiger partial charge in [0.25, 0.3) is 0 Å². The van der Waals surface area contributed by atoms with Gasteiger partial charge in [-0.05, 0) is 5.92 Å². The van der Waals surface area contributed by atoms with Crippen LogP contribution in [0.1, 0.15) is 13.8 Å². The third-order valence-corrected chi connectivity index (χ3v) is 1.08. The summed E-state index contributed by atoms with van der Waals surface area (Å²) in [4.78, 5) is 13.9. The minimum atomic E-state index is -0.919. The van der Waals surface area contributed by atoms with Gasteiger partial charge in [0.2, 0.25) is 0 Å². The fraction of sp³-hybridized carbons (Fsp3) is 0.500. The van der Waals surface area contributed by atoms with Crippen molar-refractivity contribution in [3.05, 3.63) is 11.8 Å². The Morgan fingerprint density at radius 3 is 2.20 bits per heavy atom. The van der Waals surface area contributed by atoms with Crippen LogP contribution in [0.15, 0.2) is 11.8 Å². The standard InChI is InChI=1S/C6H10O4/c1-4(2)5(3-7)6(8)10-9/h3-4,7,9H,1-2H3. The van der Waals surface area contributed by atoms with E-state index in [1.165, 1.54) is 0 Å². The number of aliphatic hydroxyl groups is 1. The van der Waals surface area contributed by atoms with Crippen molar-refractivity contribution in [2.75, 3.05) is 0 Å². The molecule has 0 aliphatic rings. The highest BCUT2D eigenvalue weighted by atomic mass is 17.1. The molecule has 0 aliphatic heterocycles. The van der Waals surface area contributed by atoms with Gasteiger partial charge < -0.3 is 5.11 Å². The molecular weight excluding hydrogens is 136 g/mol. The van der Waals surface area contributed by atoms with Crippen LogP contribution >= 0.6 is 0 Å². The Morgan fingerprint density at radius 2 is 2.10 bits per heavy atom. The van der Waals surface area contributed by atoms with Crippen molar-refractivity contribution >= 4 is 5.97 Å². The third-order valence-electron chi connectivity index (χ3n) is 1.08. The molecule has 0 fully saturated rings. The first-order valence-corrected chi connectivity index (χ1v) is 2.83. The summed E-state index contributed by atoms with van der Waals surface area (Å²) in [5.41, 5.74) is 0.0440. The molecule has 58 valence electrons. The number of aliphatic hydroxyl groups excluding tert-OH is 1. The topological polar surface area (TPSA) is 66.8 Å². The maximum atomic E-state index is 10.5. The predicted octanol–water partition coefficient (Wildman–Crippen LogP) is 1.10. The smallest absolute Gasteiger partial charge is 0.372 e. The highest BCUT2D eigenvalue weighted by Crippen LogP contribution is 2.09. The highest BCUT2D eigenvalue weighted by molar-refractivity contribution is 5.87. The van der Waals surface area contributed by atoms with Gasteiger partial charge in [-0.1, -0.05) is 13.8 Å². The van der Waals surface area contributed by atoms with Crippen LogP contribution in [0, 0.1) is 5.92 Å². The average Bonchev–Trinajstić information content (AvgIpc) is 1.88. The summed E-state index contributed by atoms with van der Waals surface area (Å²) < 4.78 is 0. The van der Waals surface area contributed by atoms with E-state index in [9.17, 15) is 4.79 Å². The summed E-state index contributed by atoms with van der Waals surface area (Å²) in [5, 5.41) is 16.3. The Balaban J connectivity index is 4.24. The monoisotopic (exact) mass is 146 g/mol. The summed E-state index contributed by atoms with van der Waals surface area (Å²) in [6, 6.07) is 0. The molecule has 0 saturated carbocycles. The third kappa shape index (κ3) is 2.06. The molecule has 0 spiro atoms. The summed E-state index contributed by atoms with van der Waals surface area (Å²) >= 11 is 0. The minimum absolute atomic E-state index is 0.0440. The van der Waals surface area contributed by atoms with E-state index in [0.717, 1.165) is 0 Å². The molecular formula is C6H10O4. The second-order valence-corrected chi connectivity index (χ2v) is 2.12. The van der Waals surface area contributed by atoms with Gasteiger partial charge in [0, 0.05) is 0 Å². The van der Waals surface area contributed by atoms with Gasteiger partial charge in [-0.15, -0.1) is 0 Å². The average molecular weight is 146 g/mol. The van der Waals surface area contributed by atoms with Gasteiger partial charge in [0.15, 0.2) is 0 Å². The number of carbonyl (C=O) groups is 1. The molecule has 0 aromatic carbocycles. The molecule has 2 N–H and O–H groups in total. The normalized spacial score (nSPS) is 11.8. The van der Waals surface area contributed by atoms with E-state index in [0.29, 0.717) is 6.26 Å². The number of hydrogen-bond acceptors (Lipinski definition) is 4. The van der Waals surface area contributed by atoms with Crippen molar-refractivity contribution in [2.45, 2.75) is 13.8 Å². The van der Waals surface area contributed by atoms with Crippen molar-refractivity contribution < 1.29 is 20.0 Å². The van der Waals surface area contributed by atoms with E-state index in [1.807, 2.05) is 0 Å². The van der Waals surface area contributed by atoms with Crippen molar-refractivity contribution in [1.82, 2.24) is 0 Å². The largest absolute Gasteiger partial charge is 0.515 e. The molecule has 4 nitrogen and oxygen atoms in total. The van der Waals surface area contributed by atoms with E-state index in [-0.39, 0.29) is 11.5 Å². The molecule has 0 bridgehead atoms. The Kier molecular flexibility index (Phi) is 3.49. The molecule has 0 rings (SSSR count). The zero-order valence-electron chi connectivity index (χ0n) is 5.87. The summed E-state index contributed by atoms with van der Waals surface area (Å²) in [6.07, 6.45) is 0.628. The number of hydrogen-bond donors (Lipinski definition) is 2. The van der Waals surface area contributed by atoms with E-state index >= 15 is 0 Å². The molecule has 0 aliphatic carbocycles. The fourth-order valence-corrected chi connectivity index (χ4v) is 0.490. The zero-order chi connectivity index (χ0) is 8.15. The first kappa shape index (κ1) is 8.97. The molecule has 0 heterocycles. The molecule has 10 heavy (non-hydrogen) atoms. The van der Waals surface area contributed by atoms with Crippen molar-refractivity contribution in [2.24, 2.45) is 5.92 Å². The van der Waals surface area contributed by atoms with Crippen LogP contribution in [0.4, 0.5) is 0 Å². The van der Waals surface area contributed by atoms with E-state index in [1.54, 1.807) is 13.8 Å². The maximum absolute atomic E-state index is 10.5. The van der Waals surface area contributed by atoms with Crippen LogP contribution in [-0.4, -0.2) is 16.3 Å². The van der Waals surface area contributed by atoms with Crippen LogP contribution < -0.4 is 0 Å². The Labute approximate surface area is 58.7 Å². The summed E-state index contributed by atoms with van der Waals surface area (Å²) in [5.74, 6) is -1.08. The zero-order valence-corrected chi connectivity index (χ0v) is 5.87. The summed E-state index contributed by atoms with van der Waals surface area (Å²) in [7, 11) is 0. The molecule has 4 heteroatoms. The minimum Gasteiger partial charge on any atom is -0.515 e. The van der Waals surface area contributed by atoms with Crippen LogP contribution in [0.2, 0.25) is 0 Å². The van der Waals surface area contributed by atoms with Crippen LogP contribution in [0.25, 0.3) is 0 Å². The van der Waals surface area contributed by atoms with E-state index in [4.69, 9.17) is 10.4 Å². The molecule has 0 atom stereocenters. The fourth-order valence-electron chi connectivity index (χ4n) is 0.490. The van der Waals surface area contributed by atoms with Gasteiger partial charge in [0.1, 0.15) is 0 Å². The maximum Gasteiger partial charge on any atom is 0.372 e. The van der Waals surface area contributed by atoms with E-state index in [2.05, 4.69) is 4.89 Å². The van der Waals surface area contributed by atoms with Crippen molar-refractivity contribution in [3.8, 4) is 0 Å². The molecule has 0 aromatic heterocycles. The lowest BCUT2D eigenvalue weighted by Gasteiger charge is -2.03. The van der Waals surface area contributed by atoms with Crippen molar-refractivity contribution in [1.29, 1.82) is 0 Å². The molecule has 0 unspecified atom stereocenters. The summed E-state index contributed by atoms with van der Waals surface area (Å²) in [6.45, 7) is 3.39. The van der Waals surface area contributed by atoms with Gasteiger partial charge in [0.05, 0.1) is 11.8 Å². The Bertz CT molecular complexity index is 148. The lowest BCUT2D eigenvalue weighted by Crippen LogP contribution is -2.10. The van der Waals surface area contributed by atoms with Crippen LogP contribution in [0.3, 0.4) is 0 Å². The SMILES string of the molecule is CC(C)C(=CO)C(=O)OO. The molecule has 0 saturated heterocycles. The first-order valence-electron chi connectivity index (χ1n) is 2.83. The van der Waals surface area contributed by atoms with E-state index < -0.39 is 5.97 Å². The quantitative estimate of drug-likeness (QED) is 0.265. The lowest BCUT2D eigenvalue weighted by atomic mass is 10.1. The van der Waals surface area contributed by atoms with Gasteiger partial charge in [-0.25, -0.2) is 4.79 Å². The molecule has 0 amide bonds. The van der Waals surface area contributed by atoms with Crippen molar-refractivity contribution in [3.63, 3.8) is 0 Å². The Hall–Kier alpha value is -1.03. The number of rotatable bonds is 2. The lowest BCUT2D eigenvalue weighted by molar-refractivity contribution is -0.230. The molecule has 0 radical (unpaired) electrons. The number of carbonyl (C=O) groups excluding carboxylic acids is 1. The molecule has 0 aromatic rings. The second-order valence-electron chi connectivity index (χ2n) is 2.12. The highest BCUT2D eigenvalue weighted by Gasteiger charge is 2.14. The second kappa shape index (κ2) is 3.90. The predicted molar refractivity (Wildman–Crippen MR) is 34.3 cm³/mol. The first-order chi connectivity index (χ1) is 4.63. The van der Waals surface area contributed by atoms with Crippen LogP contribution in [0.5, 0.6) is 0 Å². The van der Waals surface area contributed by atoms with Gasteiger partial charge in [-0.2, -0.15) is 5.26 Å². The van der Waals surface area contributed by atoms with Gasteiger partial charge >= 0.3 is 5.97 Å². The Morgan fingerprint density at radius 1 is 1.60 bits per heavy atom.